The van der Waals surface area contributed by atoms with Crippen molar-refractivity contribution in [1.82, 2.24) is 0 Å². The van der Waals surface area contributed by atoms with Crippen LogP contribution in [0.3, 0.4) is 0 Å². The van der Waals surface area contributed by atoms with Gasteiger partial charge in [0.2, 0.25) is 0 Å². The lowest BCUT2D eigenvalue weighted by atomic mass is 10.1. The van der Waals surface area contributed by atoms with Crippen molar-refractivity contribution in [3.63, 3.8) is 0 Å². The fourth-order valence-electron chi connectivity index (χ4n) is 3.76. The van der Waals surface area contributed by atoms with Crippen molar-refractivity contribution in [2.45, 2.75) is 25.7 Å². The molecule has 0 bridgehead atoms. The van der Waals surface area contributed by atoms with Crippen LogP contribution in [-0.2, 0) is 12.8 Å². The van der Waals surface area contributed by atoms with Gasteiger partial charge in [-0.05, 0) is 72.2 Å². The van der Waals surface area contributed by atoms with Gasteiger partial charge >= 0.3 is 0 Å². The Morgan fingerprint density at radius 2 is 0.824 bits per heavy atom. The SMILES string of the molecule is C(=C\c1ccc(OCCCc2ccccc2)cc1)/c1ccc(OCCCc2ccccc2)cc1. The van der Waals surface area contributed by atoms with Crippen LogP contribution in [0, 0.1) is 0 Å². The second-order valence-corrected chi connectivity index (χ2v) is 8.35. The molecule has 0 unspecified atom stereocenters. The largest absolute Gasteiger partial charge is 0.494 e. The number of hydrogen-bond acceptors (Lipinski definition) is 2. The van der Waals surface area contributed by atoms with Crippen molar-refractivity contribution in [2.24, 2.45) is 0 Å². The molecule has 34 heavy (non-hydrogen) atoms. The smallest absolute Gasteiger partial charge is 0.119 e. The molecule has 0 saturated heterocycles. The quantitative estimate of drug-likeness (QED) is 0.162. The Labute approximate surface area is 203 Å². The van der Waals surface area contributed by atoms with Crippen LogP contribution in [-0.4, -0.2) is 13.2 Å². The summed E-state index contributed by atoms with van der Waals surface area (Å²) in [7, 11) is 0. The van der Waals surface area contributed by atoms with Gasteiger partial charge in [-0.25, -0.2) is 0 Å². The number of hydrogen-bond donors (Lipinski definition) is 0. The summed E-state index contributed by atoms with van der Waals surface area (Å²) >= 11 is 0. The highest BCUT2D eigenvalue weighted by Crippen LogP contribution is 2.17. The second kappa shape index (κ2) is 13.1. The Hall–Kier alpha value is -3.78. The molecule has 4 aromatic carbocycles. The molecule has 2 heteroatoms. The average Bonchev–Trinajstić information content (AvgIpc) is 2.90. The van der Waals surface area contributed by atoms with Crippen LogP contribution in [0.4, 0.5) is 0 Å². The lowest BCUT2D eigenvalue weighted by Gasteiger charge is -2.07. The maximum atomic E-state index is 5.89. The maximum absolute atomic E-state index is 5.89. The van der Waals surface area contributed by atoms with E-state index in [1.165, 1.54) is 11.1 Å². The lowest BCUT2D eigenvalue weighted by Crippen LogP contribution is -1.99. The van der Waals surface area contributed by atoms with Crippen molar-refractivity contribution in [3.8, 4) is 11.5 Å². The fourth-order valence-corrected chi connectivity index (χ4v) is 3.76. The molecule has 0 heterocycles. The number of benzene rings is 4. The summed E-state index contributed by atoms with van der Waals surface area (Å²) in [5.41, 5.74) is 5.01. The monoisotopic (exact) mass is 448 g/mol. The van der Waals surface area contributed by atoms with Gasteiger partial charge in [0, 0.05) is 0 Å². The van der Waals surface area contributed by atoms with E-state index in [2.05, 4.69) is 97.1 Å². The zero-order valence-electron chi connectivity index (χ0n) is 19.6. The number of rotatable bonds is 12. The molecule has 0 N–H and O–H groups in total. The summed E-state index contributed by atoms with van der Waals surface area (Å²) in [4.78, 5) is 0. The highest BCUT2D eigenvalue weighted by molar-refractivity contribution is 5.70. The van der Waals surface area contributed by atoms with E-state index in [-0.39, 0.29) is 0 Å². The molecule has 0 atom stereocenters. The van der Waals surface area contributed by atoms with E-state index in [9.17, 15) is 0 Å². The van der Waals surface area contributed by atoms with E-state index in [1.54, 1.807) is 0 Å². The predicted octanol–water partition coefficient (Wildman–Crippen LogP) is 7.88. The van der Waals surface area contributed by atoms with Gasteiger partial charge in [-0.3, -0.25) is 0 Å². The zero-order valence-corrected chi connectivity index (χ0v) is 19.6. The molecule has 0 radical (unpaired) electrons. The normalized spacial score (nSPS) is 10.9. The maximum Gasteiger partial charge on any atom is 0.119 e. The van der Waals surface area contributed by atoms with E-state index < -0.39 is 0 Å². The van der Waals surface area contributed by atoms with E-state index in [4.69, 9.17) is 9.47 Å². The Morgan fingerprint density at radius 1 is 0.441 bits per heavy atom. The molecule has 2 nitrogen and oxygen atoms in total. The molecule has 172 valence electrons. The third-order valence-corrected chi connectivity index (χ3v) is 5.67. The molecular weight excluding hydrogens is 416 g/mol. The van der Waals surface area contributed by atoms with Crippen LogP contribution in [0.1, 0.15) is 35.1 Å². The predicted molar refractivity (Wildman–Crippen MR) is 142 cm³/mol. The van der Waals surface area contributed by atoms with Crippen LogP contribution < -0.4 is 9.47 Å². The minimum Gasteiger partial charge on any atom is -0.494 e. The fraction of sp³-hybridized carbons (Fsp3) is 0.188. The van der Waals surface area contributed by atoms with Crippen molar-refractivity contribution in [1.29, 1.82) is 0 Å². The van der Waals surface area contributed by atoms with Crippen molar-refractivity contribution >= 4 is 12.2 Å². The van der Waals surface area contributed by atoms with Crippen LogP contribution in [0.15, 0.2) is 109 Å². The van der Waals surface area contributed by atoms with Gasteiger partial charge in [0.15, 0.2) is 0 Å². The summed E-state index contributed by atoms with van der Waals surface area (Å²) < 4.78 is 11.8. The zero-order chi connectivity index (χ0) is 23.3. The topological polar surface area (TPSA) is 18.5 Å². The minimum absolute atomic E-state index is 0.727. The summed E-state index contributed by atoms with van der Waals surface area (Å²) in [6, 6.07) is 37.6. The van der Waals surface area contributed by atoms with Gasteiger partial charge in [0.1, 0.15) is 11.5 Å². The van der Waals surface area contributed by atoms with E-state index in [0.29, 0.717) is 0 Å². The van der Waals surface area contributed by atoms with E-state index >= 15 is 0 Å². The summed E-state index contributed by atoms with van der Waals surface area (Å²) in [5.74, 6) is 1.83. The van der Waals surface area contributed by atoms with Crippen LogP contribution >= 0.6 is 0 Å². The highest BCUT2D eigenvalue weighted by Gasteiger charge is 1.98. The lowest BCUT2D eigenvalue weighted by molar-refractivity contribution is 0.311. The van der Waals surface area contributed by atoms with E-state index in [1.807, 2.05) is 24.3 Å². The van der Waals surface area contributed by atoms with Gasteiger partial charge < -0.3 is 9.47 Å². The Balaban J connectivity index is 1.16. The number of aryl methyl sites for hydroxylation is 2. The Bertz CT molecular complexity index is 1020. The van der Waals surface area contributed by atoms with Gasteiger partial charge in [-0.1, -0.05) is 97.1 Å². The minimum atomic E-state index is 0.727. The van der Waals surface area contributed by atoms with Gasteiger partial charge in [0.05, 0.1) is 13.2 Å². The molecule has 0 amide bonds. The Morgan fingerprint density at radius 3 is 1.21 bits per heavy atom. The van der Waals surface area contributed by atoms with Crippen molar-refractivity contribution < 1.29 is 9.47 Å². The first kappa shape index (κ1) is 23.4. The molecular formula is C32H32O2. The summed E-state index contributed by atoms with van der Waals surface area (Å²) in [6.45, 7) is 1.45. The third kappa shape index (κ3) is 7.97. The molecule has 4 rings (SSSR count). The van der Waals surface area contributed by atoms with Gasteiger partial charge in [-0.2, -0.15) is 0 Å². The first-order valence-corrected chi connectivity index (χ1v) is 12.1. The van der Waals surface area contributed by atoms with Gasteiger partial charge in [0.25, 0.3) is 0 Å². The number of ether oxygens (including phenoxy) is 2. The molecule has 0 aliphatic carbocycles. The third-order valence-electron chi connectivity index (χ3n) is 5.67. The molecule has 0 fully saturated rings. The first-order chi connectivity index (χ1) is 16.8. The summed E-state index contributed by atoms with van der Waals surface area (Å²) in [6.07, 6.45) is 8.35. The average molecular weight is 449 g/mol. The standard InChI is InChI=1S/C32H32O2/c1-3-9-27(10-4-1)13-7-25-33-31-21-17-29(18-22-31)15-16-30-19-23-32(24-20-30)34-26-8-14-28-11-5-2-6-12-28/h1-6,9-12,15-24H,7-8,13-14,25-26H2/b16-15+. The van der Waals surface area contributed by atoms with Crippen LogP contribution in [0.25, 0.3) is 12.2 Å². The molecule has 0 aliphatic heterocycles. The van der Waals surface area contributed by atoms with Crippen molar-refractivity contribution in [2.75, 3.05) is 13.2 Å². The molecule has 0 saturated carbocycles. The van der Waals surface area contributed by atoms with E-state index in [0.717, 1.165) is 61.5 Å². The van der Waals surface area contributed by atoms with Crippen LogP contribution in [0.2, 0.25) is 0 Å². The van der Waals surface area contributed by atoms with Crippen molar-refractivity contribution in [3.05, 3.63) is 131 Å². The molecule has 0 aromatic heterocycles. The molecule has 0 aliphatic rings. The first-order valence-electron chi connectivity index (χ1n) is 12.1. The van der Waals surface area contributed by atoms with Gasteiger partial charge in [-0.15, -0.1) is 0 Å². The molecule has 0 spiro atoms. The van der Waals surface area contributed by atoms with Crippen LogP contribution in [0.5, 0.6) is 11.5 Å². The summed E-state index contributed by atoms with van der Waals surface area (Å²) in [5, 5.41) is 0. The second-order valence-electron chi connectivity index (χ2n) is 8.35. The Kier molecular flexibility index (Phi) is 8.98. The highest BCUT2D eigenvalue weighted by atomic mass is 16.5. The molecule has 4 aromatic rings.